The van der Waals surface area contributed by atoms with E-state index in [-0.39, 0.29) is 11.1 Å². The van der Waals surface area contributed by atoms with E-state index in [1.807, 2.05) is 28.2 Å². The van der Waals surface area contributed by atoms with Crippen molar-refractivity contribution in [1.29, 1.82) is 0 Å². The molecule has 0 atom stereocenters. The molecular formula is C12H15NOS. The molecule has 15 heavy (non-hydrogen) atoms. The number of nitrogens with zero attached hydrogens (tertiary/aromatic N) is 1. The van der Waals surface area contributed by atoms with Crippen molar-refractivity contribution in [2.75, 3.05) is 0 Å². The summed E-state index contributed by atoms with van der Waals surface area (Å²) in [6.45, 7) is 6.31. The van der Waals surface area contributed by atoms with Crippen LogP contribution in [0, 0.1) is 0 Å². The maximum atomic E-state index is 12.1. The first-order valence-electron chi connectivity index (χ1n) is 5.18. The van der Waals surface area contributed by atoms with Crippen LogP contribution in [0.5, 0.6) is 0 Å². The number of hydrogen-bond donors (Lipinski definition) is 0. The van der Waals surface area contributed by atoms with Gasteiger partial charge >= 0.3 is 0 Å². The van der Waals surface area contributed by atoms with E-state index in [0.717, 1.165) is 16.5 Å². The van der Waals surface area contributed by atoms with Crippen molar-refractivity contribution in [1.82, 2.24) is 3.96 Å². The summed E-state index contributed by atoms with van der Waals surface area (Å²) in [5.74, 6) is 0. The van der Waals surface area contributed by atoms with Crippen molar-refractivity contribution in [2.45, 2.75) is 32.7 Å². The minimum absolute atomic E-state index is 0.0826. The molecule has 1 heterocycles. The molecule has 0 saturated carbocycles. The van der Waals surface area contributed by atoms with Crippen molar-refractivity contribution < 1.29 is 0 Å². The molecule has 0 unspecified atom stereocenters. The Morgan fingerprint density at radius 1 is 1.33 bits per heavy atom. The number of fused-ring (bicyclic) bond motifs is 1. The normalized spacial score (nSPS) is 12.2. The van der Waals surface area contributed by atoms with Gasteiger partial charge in [0.05, 0.1) is 15.6 Å². The predicted molar refractivity (Wildman–Crippen MR) is 65.7 cm³/mol. The van der Waals surface area contributed by atoms with E-state index in [9.17, 15) is 4.79 Å². The molecule has 0 saturated heterocycles. The largest absolute Gasteiger partial charge is 0.269 e. The fourth-order valence-corrected chi connectivity index (χ4v) is 2.66. The van der Waals surface area contributed by atoms with Gasteiger partial charge in [-0.05, 0) is 32.4 Å². The lowest BCUT2D eigenvalue weighted by atomic mass is 10.0. The van der Waals surface area contributed by atoms with E-state index >= 15 is 0 Å². The molecule has 0 spiro atoms. The molecule has 80 valence electrons. The molecule has 0 bridgehead atoms. The SMILES string of the molecule is CCC(C)(C)n1sc2ccccc2c1=O. The summed E-state index contributed by atoms with van der Waals surface area (Å²) in [6, 6.07) is 7.79. The Morgan fingerprint density at radius 2 is 2.00 bits per heavy atom. The summed E-state index contributed by atoms with van der Waals surface area (Å²) in [4.78, 5) is 12.1. The average Bonchev–Trinajstić information content (AvgIpc) is 2.58. The zero-order valence-electron chi connectivity index (χ0n) is 9.28. The van der Waals surface area contributed by atoms with E-state index in [1.54, 1.807) is 11.5 Å². The highest BCUT2D eigenvalue weighted by molar-refractivity contribution is 7.13. The number of aromatic nitrogens is 1. The quantitative estimate of drug-likeness (QED) is 0.763. The van der Waals surface area contributed by atoms with Crippen LogP contribution in [-0.2, 0) is 5.54 Å². The minimum atomic E-state index is -0.0826. The van der Waals surface area contributed by atoms with Gasteiger partial charge in [0.25, 0.3) is 5.56 Å². The minimum Gasteiger partial charge on any atom is -0.268 e. The molecule has 0 amide bonds. The first-order chi connectivity index (χ1) is 7.06. The fraction of sp³-hybridized carbons (Fsp3) is 0.417. The summed E-state index contributed by atoms with van der Waals surface area (Å²) >= 11 is 1.56. The molecule has 2 rings (SSSR count). The van der Waals surface area contributed by atoms with Crippen LogP contribution in [0.25, 0.3) is 10.1 Å². The smallest absolute Gasteiger partial charge is 0.268 e. The molecule has 0 N–H and O–H groups in total. The van der Waals surface area contributed by atoms with Crippen LogP contribution in [0.1, 0.15) is 27.2 Å². The Kier molecular flexibility index (Phi) is 2.43. The second-order valence-corrected chi connectivity index (χ2v) is 5.34. The van der Waals surface area contributed by atoms with Gasteiger partial charge in [0.1, 0.15) is 0 Å². The van der Waals surface area contributed by atoms with Gasteiger partial charge < -0.3 is 0 Å². The zero-order chi connectivity index (χ0) is 11.1. The van der Waals surface area contributed by atoms with Crippen LogP contribution < -0.4 is 5.56 Å². The second-order valence-electron chi connectivity index (χ2n) is 4.35. The van der Waals surface area contributed by atoms with Crippen LogP contribution >= 0.6 is 11.5 Å². The van der Waals surface area contributed by atoms with Gasteiger partial charge in [0.15, 0.2) is 0 Å². The van der Waals surface area contributed by atoms with Gasteiger partial charge in [-0.2, -0.15) is 0 Å². The highest BCUT2D eigenvalue weighted by Crippen LogP contribution is 2.25. The molecule has 2 aromatic rings. The Balaban J connectivity index is 2.74. The van der Waals surface area contributed by atoms with E-state index in [0.29, 0.717) is 0 Å². The van der Waals surface area contributed by atoms with E-state index in [2.05, 4.69) is 20.8 Å². The Hall–Kier alpha value is -1.09. The zero-order valence-corrected chi connectivity index (χ0v) is 10.1. The third-order valence-electron chi connectivity index (χ3n) is 2.91. The van der Waals surface area contributed by atoms with E-state index in [1.165, 1.54) is 0 Å². The topological polar surface area (TPSA) is 22.0 Å². The number of hydrogen-bond acceptors (Lipinski definition) is 2. The molecule has 2 nitrogen and oxygen atoms in total. The van der Waals surface area contributed by atoms with E-state index < -0.39 is 0 Å². The molecular weight excluding hydrogens is 206 g/mol. The lowest BCUT2D eigenvalue weighted by Gasteiger charge is -2.22. The van der Waals surface area contributed by atoms with Crippen molar-refractivity contribution in [3.63, 3.8) is 0 Å². The third kappa shape index (κ3) is 1.61. The summed E-state index contributed by atoms with van der Waals surface area (Å²) in [5.41, 5.74) is 0.0586. The maximum Gasteiger partial charge on any atom is 0.269 e. The summed E-state index contributed by atoms with van der Waals surface area (Å²) < 4.78 is 2.96. The van der Waals surface area contributed by atoms with E-state index in [4.69, 9.17) is 0 Å². The molecule has 1 aromatic carbocycles. The lowest BCUT2D eigenvalue weighted by Crippen LogP contribution is -2.31. The highest BCUT2D eigenvalue weighted by atomic mass is 32.1. The molecule has 3 heteroatoms. The maximum absolute atomic E-state index is 12.1. The van der Waals surface area contributed by atoms with Crippen molar-refractivity contribution >= 4 is 21.6 Å². The van der Waals surface area contributed by atoms with Gasteiger partial charge in [-0.3, -0.25) is 8.75 Å². The van der Waals surface area contributed by atoms with Gasteiger partial charge in [0, 0.05) is 0 Å². The van der Waals surface area contributed by atoms with Crippen molar-refractivity contribution in [3.8, 4) is 0 Å². The van der Waals surface area contributed by atoms with Crippen LogP contribution in [0.3, 0.4) is 0 Å². The molecule has 1 aromatic heterocycles. The highest BCUT2D eigenvalue weighted by Gasteiger charge is 2.21. The van der Waals surface area contributed by atoms with Crippen LogP contribution in [-0.4, -0.2) is 3.96 Å². The van der Waals surface area contributed by atoms with Gasteiger partial charge in [-0.1, -0.05) is 30.6 Å². The second kappa shape index (κ2) is 3.49. The number of benzene rings is 1. The number of rotatable bonds is 2. The summed E-state index contributed by atoms with van der Waals surface area (Å²) in [7, 11) is 0. The lowest BCUT2D eigenvalue weighted by molar-refractivity contribution is 0.362. The fourth-order valence-electron chi connectivity index (χ4n) is 1.51. The Bertz CT molecular complexity index is 536. The molecule has 0 aliphatic carbocycles. The average molecular weight is 221 g/mol. The van der Waals surface area contributed by atoms with Crippen LogP contribution in [0.2, 0.25) is 0 Å². The first kappa shape index (κ1) is 10.4. The molecule has 0 aliphatic rings. The van der Waals surface area contributed by atoms with Crippen LogP contribution in [0.15, 0.2) is 29.1 Å². The standard InChI is InChI=1S/C12H15NOS/c1-4-12(2,3)13-11(14)9-7-5-6-8-10(9)15-13/h5-8H,4H2,1-3H3. The molecule has 0 aliphatic heterocycles. The van der Waals surface area contributed by atoms with Crippen molar-refractivity contribution in [3.05, 3.63) is 34.6 Å². The first-order valence-corrected chi connectivity index (χ1v) is 5.95. The summed E-state index contributed by atoms with van der Waals surface area (Å²) in [6.07, 6.45) is 0.958. The van der Waals surface area contributed by atoms with Crippen LogP contribution in [0.4, 0.5) is 0 Å². The third-order valence-corrected chi connectivity index (χ3v) is 4.30. The van der Waals surface area contributed by atoms with Crippen molar-refractivity contribution in [2.24, 2.45) is 0 Å². The molecule has 0 radical (unpaired) electrons. The molecule has 0 fully saturated rings. The monoisotopic (exact) mass is 221 g/mol. The van der Waals surface area contributed by atoms with Gasteiger partial charge in [-0.15, -0.1) is 0 Å². The summed E-state index contributed by atoms with van der Waals surface area (Å²) in [5, 5.41) is 0.837. The van der Waals surface area contributed by atoms with Gasteiger partial charge in [0.2, 0.25) is 0 Å². The Labute approximate surface area is 93.3 Å². The Morgan fingerprint density at radius 3 is 2.60 bits per heavy atom. The predicted octanol–water partition coefficient (Wildman–Crippen LogP) is 3.21. The van der Waals surface area contributed by atoms with Gasteiger partial charge in [-0.25, -0.2) is 0 Å².